The molecule has 1 aliphatic carbocycles. The highest BCUT2D eigenvalue weighted by atomic mass is 16.3. The van der Waals surface area contributed by atoms with Crippen LogP contribution in [0.25, 0.3) is 22.4 Å². The second kappa shape index (κ2) is 9.77. The summed E-state index contributed by atoms with van der Waals surface area (Å²) in [5.41, 5.74) is 5.22. The Morgan fingerprint density at radius 3 is 2.48 bits per heavy atom. The van der Waals surface area contributed by atoms with E-state index >= 15 is 0 Å². The maximum atomic E-state index is 12.8. The van der Waals surface area contributed by atoms with Crippen molar-refractivity contribution in [3.8, 4) is 11.4 Å². The molecule has 2 N–H and O–H groups in total. The van der Waals surface area contributed by atoms with Gasteiger partial charge in [0, 0.05) is 35.6 Å². The molecule has 1 aromatic heterocycles. The van der Waals surface area contributed by atoms with E-state index in [0.717, 1.165) is 53.9 Å². The number of nitrogens with one attached hydrogen (secondary N) is 1. The Morgan fingerprint density at radius 1 is 1.06 bits per heavy atom. The Balaban J connectivity index is 0.000000821. The Kier molecular flexibility index (Phi) is 6.63. The standard InChI is InChI=1S/C24H25N5O.CH2O2/c1-15-16(2)27-22-14-18(5-10-21(22)26-15)24(30)28-19-6-8-20(9-7-19)29-13-3-4-17-11-12-25-23(17)29;2-1-3/h3-5,10-14,19-20H,6-9H2,1-2H3,(H,28,30);1H,(H,2,3). The minimum Gasteiger partial charge on any atom is -0.483 e. The minimum atomic E-state index is -0.250. The predicted octanol–water partition coefficient (Wildman–Crippen LogP) is 4.16. The molecule has 0 spiro atoms. The Labute approximate surface area is 192 Å². The fourth-order valence-electron chi connectivity index (χ4n) is 4.43. The predicted molar refractivity (Wildman–Crippen MR) is 125 cm³/mol. The van der Waals surface area contributed by atoms with E-state index in [4.69, 9.17) is 9.90 Å². The van der Waals surface area contributed by atoms with Crippen molar-refractivity contribution < 1.29 is 14.7 Å². The van der Waals surface area contributed by atoms with E-state index < -0.39 is 0 Å². The summed E-state index contributed by atoms with van der Waals surface area (Å²) in [6, 6.07) is 12.4. The van der Waals surface area contributed by atoms with Gasteiger partial charge >= 0.3 is 0 Å². The molecule has 0 unspecified atom stereocenters. The normalized spacial score (nSPS) is 17.9. The van der Waals surface area contributed by atoms with Crippen molar-refractivity contribution >= 4 is 23.4 Å². The van der Waals surface area contributed by atoms with E-state index in [0.29, 0.717) is 11.6 Å². The molecule has 0 atom stereocenters. The van der Waals surface area contributed by atoms with Crippen LogP contribution in [0.15, 0.2) is 48.8 Å². The lowest BCUT2D eigenvalue weighted by molar-refractivity contribution is -0.122. The highest BCUT2D eigenvalue weighted by Crippen LogP contribution is 2.32. The number of carboxylic acid groups (broad SMARTS) is 1. The third kappa shape index (κ3) is 4.84. The van der Waals surface area contributed by atoms with Gasteiger partial charge in [-0.3, -0.25) is 9.59 Å². The van der Waals surface area contributed by atoms with Crippen LogP contribution in [0, 0.1) is 13.8 Å². The number of aryl methyl sites for hydroxylation is 2. The summed E-state index contributed by atoms with van der Waals surface area (Å²) >= 11 is 0. The maximum absolute atomic E-state index is 12.8. The van der Waals surface area contributed by atoms with Gasteiger partial charge in [0.1, 0.15) is 5.82 Å². The number of carbonyl (C=O) groups is 2. The lowest BCUT2D eigenvalue weighted by Gasteiger charge is -2.31. The largest absolute Gasteiger partial charge is 0.483 e. The highest BCUT2D eigenvalue weighted by Gasteiger charge is 2.25. The van der Waals surface area contributed by atoms with Crippen molar-refractivity contribution in [1.29, 1.82) is 0 Å². The number of nitrogens with zero attached hydrogens (tertiary/aromatic N) is 4. The summed E-state index contributed by atoms with van der Waals surface area (Å²) in [7, 11) is 0. The number of pyridine rings is 1. The molecule has 2 aliphatic heterocycles. The van der Waals surface area contributed by atoms with Gasteiger partial charge in [0.25, 0.3) is 12.4 Å². The number of fused-ring (bicyclic) bond motifs is 2. The first-order valence-corrected chi connectivity index (χ1v) is 11.1. The molecule has 170 valence electrons. The molecule has 1 amide bonds. The van der Waals surface area contributed by atoms with Crippen LogP contribution in [0.2, 0.25) is 0 Å². The van der Waals surface area contributed by atoms with Gasteiger partial charge in [-0.25, -0.2) is 15.0 Å². The summed E-state index contributed by atoms with van der Waals surface area (Å²) in [5, 5.41) is 10.1. The van der Waals surface area contributed by atoms with Gasteiger partial charge in [-0.2, -0.15) is 0 Å². The molecule has 1 saturated carbocycles. The van der Waals surface area contributed by atoms with E-state index in [-0.39, 0.29) is 18.4 Å². The fraction of sp³-hybridized carbons (Fsp3) is 0.320. The SMILES string of the molecule is Cc1nc2ccc(C(=O)NC3CCC(n4cccc5ccnc4-5)CC3)cc2nc1C.O=CO. The maximum Gasteiger partial charge on any atom is 0.290 e. The molecule has 33 heavy (non-hydrogen) atoms. The van der Waals surface area contributed by atoms with Gasteiger partial charge in [-0.1, -0.05) is 0 Å². The van der Waals surface area contributed by atoms with Gasteiger partial charge in [0.2, 0.25) is 0 Å². The molecular weight excluding hydrogens is 418 g/mol. The van der Waals surface area contributed by atoms with Crippen molar-refractivity contribution in [3.05, 3.63) is 65.7 Å². The van der Waals surface area contributed by atoms with E-state index in [2.05, 4.69) is 49.2 Å². The average Bonchev–Trinajstić information content (AvgIpc) is 3.30. The van der Waals surface area contributed by atoms with Gasteiger partial charge in [-0.05, 0) is 75.9 Å². The lowest BCUT2D eigenvalue weighted by Crippen LogP contribution is -2.38. The summed E-state index contributed by atoms with van der Waals surface area (Å²) < 4.78 is 2.29. The van der Waals surface area contributed by atoms with Gasteiger partial charge in [0.05, 0.1) is 22.4 Å². The van der Waals surface area contributed by atoms with Crippen molar-refractivity contribution in [1.82, 2.24) is 24.8 Å². The number of rotatable bonds is 3. The third-order valence-electron chi connectivity index (χ3n) is 6.24. The Bertz CT molecular complexity index is 1240. The molecule has 0 bridgehead atoms. The molecule has 1 aromatic carbocycles. The van der Waals surface area contributed by atoms with E-state index in [1.807, 2.05) is 38.2 Å². The first-order chi connectivity index (χ1) is 16.0. The van der Waals surface area contributed by atoms with Gasteiger partial charge < -0.3 is 15.0 Å². The van der Waals surface area contributed by atoms with Crippen LogP contribution >= 0.6 is 0 Å². The quantitative estimate of drug-likeness (QED) is 0.458. The topological polar surface area (TPSA) is 110 Å². The molecule has 3 heterocycles. The highest BCUT2D eigenvalue weighted by molar-refractivity contribution is 5.97. The van der Waals surface area contributed by atoms with E-state index in [1.54, 1.807) is 0 Å². The second-order valence-corrected chi connectivity index (χ2v) is 8.32. The molecule has 1 fully saturated rings. The number of carbonyl (C=O) groups excluding carboxylic acids is 1. The van der Waals surface area contributed by atoms with Crippen LogP contribution in [-0.4, -0.2) is 43.0 Å². The summed E-state index contributed by atoms with van der Waals surface area (Å²) in [5.74, 6) is 1.01. The number of aromatic nitrogens is 4. The van der Waals surface area contributed by atoms with Crippen molar-refractivity contribution in [2.45, 2.75) is 51.6 Å². The van der Waals surface area contributed by atoms with Crippen molar-refractivity contribution in [2.24, 2.45) is 0 Å². The molecule has 8 nitrogen and oxygen atoms in total. The van der Waals surface area contributed by atoms with Crippen LogP contribution in [0.3, 0.4) is 0 Å². The zero-order chi connectivity index (χ0) is 23.4. The number of hydrogen-bond acceptors (Lipinski definition) is 5. The molecule has 2 aromatic rings. The molecule has 3 aliphatic rings. The summed E-state index contributed by atoms with van der Waals surface area (Å²) in [4.78, 5) is 34.8. The number of benzene rings is 1. The van der Waals surface area contributed by atoms with Crippen LogP contribution in [0.1, 0.15) is 53.5 Å². The fourth-order valence-corrected chi connectivity index (χ4v) is 4.43. The molecule has 5 rings (SSSR count). The zero-order valence-electron chi connectivity index (χ0n) is 18.7. The Hall–Kier alpha value is -3.81. The first-order valence-electron chi connectivity index (χ1n) is 11.1. The summed E-state index contributed by atoms with van der Waals surface area (Å²) in [6.45, 7) is 3.64. The minimum absolute atomic E-state index is 0.0344. The molecule has 8 heteroatoms. The molecule has 0 saturated heterocycles. The van der Waals surface area contributed by atoms with Gasteiger partial charge in [0.15, 0.2) is 0 Å². The van der Waals surface area contributed by atoms with Crippen LogP contribution in [-0.2, 0) is 4.79 Å². The average molecular weight is 446 g/mol. The van der Waals surface area contributed by atoms with Crippen LogP contribution in [0.5, 0.6) is 0 Å². The van der Waals surface area contributed by atoms with Crippen molar-refractivity contribution in [3.63, 3.8) is 0 Å². The number of hydrogen-bond donors (Lipinski definition) is 2. The van der Waals surface area contributed by atoms with Crippen molar-refractivity contribution in [2.75, 3.05) is 0 Å². The first kappa shape index (κ1) is 22.4. The van der Waals surface area contributed by atoms with E-state index in [1.165, 1.54) is 5.56 Å². The molecule has 0 radical (unpaired) electrons. The van der Waals surface area contributed by atoms with Crippen LogP contribution in [0.4, 0.5) is 0 Å². The summed E-state index contributed by atoms with van der Waals surface area (Å²) in [6.07, 6.45) is 7.98. The van der Waals surface area contributed by atoms with E-state index in [9.17, 15) is 4.79 Å². The van der Waals surface area contributed by atoms with Gasteiger partial charge in [-0.15, -0.1) is 0 Å². The van der Waals surface area contributed by atoms with Crippen LogP contribution < -0.4 is 5.32 Å². The number of amides is 1. The lowest BCUT2D eigenvalue weighted by atomic mass is 9.90. The second-order valence-electron chi connectivity index (χ2n) is 8.32. The molecular formula is C25H27N5O3. The smallest absolute Gasteiger partial charge is 0.290 e. The zero-order valence-corrected chi connectivity index (χ0v) is 18.7. The Morgan fingerprint density at radius 2 is 1.76 bits per heavy atom. The monoisotopic (exact) mass is 445 g/mol. The third-order valence-corrected chi connectivity index (χ3v) is 6.24.